The highest BCUT2D eigenvalue weighted by atomic mass is 16.5. The third-order valence-electron chi connectivity index (χ3n) is 3.96. The molecule has 0 bridgehead atoms. The molecule has 1 aliphatic rings. The number of likely N-dealkylation sites (tertiary alicyclic amines) is 1. The van der Waals surface area contributed by atoms with E-state index in [1.807, 2.05) is 18.3 Å². The van der Waals surface area contributed by atoms with Crippen molar-refractivity contribution in [3.05, 3.63) is 42.6 Å². The average molecular weight is 260 g/mol. The van der Waals surface area contributed by atoms with Gasteiger partial charge < -0.3 is 9.64 Å². The van der Waals surface area contributed by atoms with Gasteiger partial charge in [0.05, 0.1) is 0 Å². The molecule has 0 aromatic carbocycles. The van der Waals surface area contributed by atoms with Crippen molar-refractivity contribution < 1.29 is 4.74 Å². The summed E-state index contributed by atoms with van der Waals surface area (Å²) in [5, 5.41) is 0. The lowest BCUT2D eigenvalue weighted by Crippen LogP contribution is -2.35. The SMILES string of the molecule is C=C(OCc1cccnc1)N1CCC(C(C)C)CC1. The zero-order chi connectivity index (χ0) is 13.7. The number of pyridine rings is 1. The smallest absolute Gasteiger partial charge is 0.182 e. The molecular formula is C16H24N2O. The second-order valence-electron chi connectivity index (χ2n) is 5.61. The molecule has 0 aliphatic carbocycles. The highest BCUT2D eigenvalue weighted by molar-refractivity contribution is 5.07. The lowest BCUT2D eigenvalue weighted by atomic mass is 9.87. The maximum Gasteiger partial charge on any atom is 0.182 e. The van der Waals surface area contributed by atoms with Gasteiger partial charge in [0, 0.05) is 31.0 Å². The van der Waals surface area contributed by atoms with Crippen LogP contribution in [-0.2, 0) is 11.3 Å². The predicted molar refractivity (Wildman–Crippen MR) is 77.3 cm³/mol. The number of hydrogen-bond donors (Lipinski definition) is 0. The van der Waals surface area contributed by atoms with E-state index in [1.54, 1.807) is 6.20 Å². The van der Waals surface area contributed by atoms with E-state index in [-0.39, 0.29) is 0 Å². The largest absolute Gasteiger partial charge is 0.475 e. The molecule has 0 spiro atoms. The van der Waals surface area contributed by atoms with Crippen molar-refractivity contribution in [2.45, 2.75) is 33.3 Å². The quantitative estimate of drug-likeness (QED) is 0.758. The molecule has 1 fully saturated rings. The summed E-state index contributed by atoms with van der Waals surface area (Å²) in [6, 6.07) is 3.95. The Labute approximate surface area is 116 Å². The molecule has 2 heterocycles. The molecule has 1 aromatic rings. The first kappa shape index (κ1) is 13.9. The summed E-state index contributed by atoms with van der Waals surface area (Å²) in [6.07, 6.45) is 6.09. The van der Waals surface area contributed by atoms with Crippen LogP contribution in [0.15, 0.2) is 37.0 Å². The van der Waals surface area contributed by atoms with Gasteiger partial charge in [-0.25, -0.2) is 0 Å². The van der Waals surface area contributed by atoms with E-state index in [0.717, 1.165) is 36.4 Å². The normalized spacial score (nSPS) is 16.7. The Morgan fingerprint density at radius 1 is 1.47 bits per heavy atom. The minimum Gasteiger partial charge on any atom is -0.475 e. The zero-order valence-corrected chi connectivity index (χ0v) is 12.0. The first-order chi connectivity index (χ1) is 9.16. The summed E-state index contributed by atoms with van der Waals surface area (Å²) in [5.41, 5.74) is 1.08. The van der Waals surface area contributed by atoms with Gasteiger partial charge in [0.2, 0.25) is 0 Å². The Morgan fingerprint density at radius 3 is 2.79 bits per heavy atom. The first-order valence-corrected chi connectivity index (χ1v) is 7.12. The Balaban J connectivity index is 1.76. The van der Waals surface area contributed by atoms with Gasteiger partial charge in [-0.3, -0.25) is 4.98 Å². The molecule has 0 radical (unpaired) electrons. The van der Waals surface area contributed by atoms with E-state index in [0.29, 0.717) is 6.61 Å². The summed E-state index contributed by atoms with van der Waals surface area (Å²) in [5.74, 6) is 2.43. The number of ether oxygens (including phenoxy) is 1. The van der Waals surface area contributed by atoms with Gasteiger partial charge in [0.25, 0.3) is 0 Å². The van der Waals surface area contributed by atoms with Crippen LogP contribution < -0.4 is 0 Å². The third-order valence-corrected chi connectivity index (χ3v) is 3.96. The Bertz CT molecular complexity index is 394. The summed E-state index contributed by atoms with van der Waals surface area (Å²) < 4.78 is 5.75. The van der Waals surface area contributed by atoms with Gasteiger partial charge in [-0.05, 0) is 37.3 Å². The van der Waals surface area contributed by atoms with E-state index < -0.39 is 0 Å². The lowest BCUT2D eigenvalue weighted by Gasteiger charge is -2.35. The number of rotatable bonds is 5. The second kappa shape index (κ2) is 6.60. The average Bonchev–Trinajstić information content (AvgIpc) is 2.46. The molecule has 0 amide bonds. The molecule has 3 heteroatoms. The summed E-state index contributed by atoms with van der Waals surface area (Å²) in [6.45, 7) is 11.4. The molecule has 1 saturated heterocycles. The monoisotopic (exact) mass is 260 g/mol. The molecule has 0 unspecified atom stereocenters. The number of nitrogens with zero attached hydrogens (tertiary/aromatic N) is 2. The Morgan fingerprint density at radius 2 is 2.21 bits per heavy atom. The molecule has 3 nitrogen and oxygen atoms in total. The van der Waals surface area contributed by atoms with Crippen molar-refractivity contribution >= 4 is 0 Å². The number of hydrogen-bond acceptors (Lipinski definition) is 3. The summed E-state index contributed by atoms with van der Waals surface area (Å²) in [7, 11) is 0. The first-order valence-electron chi connectivity index (χ1n) is 7.12. The number of piperidine rings is 1. The van der Waals surface area contributed by atoms with Crippen molar-refractivity contribution in [2.24, 2.45) is 11.8 Å². The number of aromatic nitrogens is 1. The van der Waals surface area contributed by atoms with E-state index >= 15 is 0 Å². The topological polar surface area (TPSA) is 25.4 Å². The van der Waals surface area contributed by atoms with Crippen LogP contribution in [-0.4, -0.2) is 23.0 Å². The molecule has 1 aromatic heterocycles. The van der Waals surface area contributed by atoms with E-state index in [2.05, 4.69) is 30.3 Å². The van der Waals surface area contributed by atoms with Crippen LogP contribution in [0, 0.1) is 11.8 Å². The van der Waals surface area contributed by atoms with Gasteiger partial charge in [-0.1, -0.05) is 19.9 Å². The minimum atomic E-state index is 0.552. The van der Waals surface area contributed by atoms with Crippen molar-refractivity contribution in [1.82, 2.24) is 9.88 Å². The highest BCUT2D eigenvalue weighted by Crippen LogP contribution is 2.26. The second-order valence-corrected chi connectivity index (χ2v) is 5.61. The van der Waals surface area contributed by atoms with Gasteiger partial charge in [-0.2, -0.15) is 0 Å². The van der Waals surface area contributed by atoms with E-state index in [1.165, 1.54) is 12.8 Å². The van der Waals surface area contributed by atoms with Gasteiger partial charge in [0.1, 0.15) is 6.61 Å². The minimum absolute atomic E-state index is 0.552. The van der Waals surface area contributed by atoms with Crippen LogP contribution in [0.25, 0.3) is 0 Å². The molecular weight excluding hydrogens is 236 g/mol. The molecule has 0 atom stereocenters. The molecule has 0 saturated carbocycles. The Kier molecular flexibility index (Phi) is 4.83. The summed E-state index contributed by atoms with van der Waals surface area (Å²) >= 11 is 0. The van der Waals surface area contributed by atoms with Crippen molar-refractivity contribution in [3.8, 4) is 0 Å². The van der Waals surface area contributed by atoms with E-state index in [9.17, 15) is 0 Å². The van der Waals surface area contributed by atoms with Gasteiger partial charge in [0.15, 0.2) is 5.88 Å². The molecule has 19 heavy (non-hydrogen) atoms. The van der Waals surface area contributed by atoms with Crippen molar-refractivity contribution in [3.63, 3.8) is 0 Å². The predicted octanol–water partition coefficient (Wildman–Crippen LogP) is 3.44. The van der Waals surface area contributed by atoms with E-state index in [4.69, 9.17) is 4.74 Å². The fourth-order valence-corrected chi connectivity index (χ4v) is 2.56. The van der Waals surface area contributed by atoms with Crippen LogP contribution in [0.4, 0.5) is 0 Å². The molecule has 0 N–H and O–H groups in total. The molecule has 1 aliphatic heterocycles. The summed E-state index contributed by atoms with van der Waals surface area (Å²) in [4.78, 5) is 6.34. The Hall–Kier alpha value is -1.51. The fraction of sp³-hybridized carbons (Fsp3) is 0.562. The fourth-order valence-electron chi connectivity index (χ4n) is 2.56. The zero-order valence-electron chi connectivity index (χ0n) is 12.0. The maximum atomic E-state index is 5.75. The van der Waals surface area contributed by atoms with Gasteiger partial charge in [-0.15, -0.1) is 0 Å². The standard InChI is InChI=1S/C16H24N2O/c1-13(2)16-6-9-18(10-7-16)14(3)19-12-15-5-4-8-17-11-15/h4-5,8,11,13,16H,3,6-7,9-10,12H2,1-2H3. The van der Waals surface area contributed by atoms with Crippen LogP contribution in [0.1, 0.15) is 32.3 Å². The highest BCUT2D eigenvalue weighted by Gasteiger charge is 2.22. The molecule has 104 valence electrons. The van der Waals surface area contributed by atoms with Crippen LogP contribution in [0.3, 0.4) is 0 Å². The maximum absolute atomic E-state index is 5.75. The lowest BCUT2D eigenvalue weighted by molar-refractivity contribution is 0.0736. The van der Waals surface area contributed by atoms with Crippen LogP contribution in [0.5, 0.6) is 0 Å². The van der Waals surface area contributed by atoms with Crippen molar-refractivity contribution in [2.75, 3.05) is 13.1 Å². The van der Waals surface area contributed by atoms with Gasteiger partial charge >= 0.3 is 0 Å². The van der Waals surface area contributed by atoms with Crippen LogP contribution in [0.2, 0.25) is 0 Å². The van der Waals surface area contributed by atoms with Crippen molar-refractivity contribution in [1.29, 1.82) is 0 Å². The third kappa shape index (κ3) is 3.98. The van der Waals surface area contributed by atoms with Crippen LogP contribution >= 0.6 is 0 Å². The molecule has 2 rings (SSSR count).